The van der Waals surface area contributed by atoms with Crippen molar-refractivity contribution in [3.05, 3.63) is 48.0 Å². The molecule has 20 heavy (non-hydrogen) atoms. The van der Waals surface area contributed by atoms with Gasteiger partial charge in [-0.1, -0.05) is 42.8 Å². The molecule has 1 aliphatic rings. The third kappa shape index (κ3) is 4.20. The average Bonchev–Trinajstić information content (AvgIpc) is 2.49. The Morgan fingerprint density at radius 2 is 2.00 bits per heavy atom. The molecule has 0 radical (unpaired) electrons. The van der Waals surface area contributed by atoms with Crippen LogP contribution in [-0.2, 0) is 9.53 Å². The second-order valence-electron chi connectivity index (χ2n) is 5.19. The quantitative estimate of drug-likeness (QED) is 0.662. The zero-order valence-electron chi connectivity index (χ0n) is 11.7. The third-order valence-corrected chi connectivity index (χ3v) is 3.75. The molecule has 0 aromatic heterocycles. The number of carbonyl (C=O) groups excluding carboxylic acids is 1. The molecule has 0 heterocycles. The Bertz CT molecular complexity index is 439. The number of rotatable bonds is 5. The van der Waals surface area contributed by atoms with E-state index in [-0.39, 0.29) is 18.7 Å². The van der Waals surface area contributed by atoms with Crippen LogP contribution in [0, 0.1) is 0 Å². The van der Waals surface area contributed by atoms with Gasteiger partial charge in [0, 0.05) is 18.6 Å². The van der Waals surface area contributed by atoms with Crippen molar-refractivity contribution < 1.29 is 14.6 Å². The van der Waals surface area contributed by atoms with Crippen LogP contribution < -0.4 is 0 Å². The van der Waals surface area contributed by atoms with E-state index < -0.39 is 0 Å². The van der Waals surface area contributed by atoms with Crippen molar-refractivity contribution in [3.63, 3.8) is 0 Å². The number of aliphatic hydroxyl groups is 1. The van der Waals surface area contributed by atoms with E-state index in [0.29, 0.717) is 12.3 Å². The molecule has 1 aliphatic carbocycles. The van der Waals surface area contributed by atoms with Crippen molar-refractivity contribution in [2.45, 2.75) is 44.1 Å². The highest BCUT2D eigenvalue weighted by atomic mass is 16.5. The zero-order valence-corrected chi connectivity index (χ0v) is 11.7. The topological polar surface area (TPSA) is 46.5 Å². The Morgan fingerprint density at radius 3 is 2.75 bits per heavy atom. The molecule has 3 heteroatoms. The van der Waals surface area contributed by atoms with Crippen LogP contribution in [0.15, 0.2) is 42.5 Å². The monoisotopic (exact) mass is 274 g/mol. The Morgan fingerprint density at radius 1 is 1.25 bits per heavy atom. The van der Waals surface area contributed by atoms with E-state index in [2.05, 4.69) is 12.1 Å². The summed E-state index contributed by atoms with van der Waals surface area (Å²) in [6.07, 6.45) is 7.84. The van der Waals surface area contributed by atoms with Crippen LogP contribution in [0.5, 0.6) is 0 Å². The number of aliphatic hydroxyl groups excluding tert-OH is 1. The van der Waals surface area contributed by atoms with Gasteiger partial charge in [0.2, 0.25) is 0 Å². The maximum atomic E-state index is 11.8. The van der Waals surface area contributed by atoms with Gasteiger partial charge in [-0.2, -0.15) is 0 Å². The molecule has 3 nitrogen and oxygen atoms in total. The molecule has 1 N–H and O–H groups in total. The number of ether oxygens (including phenoxy) is 1. The van der Waals surface area contributed by atoms with E-state index in [1.807, 2.05) is 18.2 Å². The Balaban J connectivity index is 1.99. The van der Waals surface area contributed by atoms with Gasteiger partial charge >= 0.3 is 5.97 Å². The van der Waals surface area contributed by atoms with E-state index >= 15 is 0 Å². The predicted molar refractivity (Wildman–Crippen MR) is 78.4 cm³/mol. The van der Waals surface area contributed by atoms with Crippen molar-refractivity contribution in [2.24, 2.45) is 0 Å². The van der Waals surface area contributed by atoms with Gasteiger partial charge in [-0.15, -0.1) is 0 Å². The van der Waals surface area contributed by atoms with Crippen LogP contribution >= 0.6 is 0 Å². The van der Waals surface area contributed by atoms with Crippen LogP contribution in [0.25, 0.3) is 0 Å². The highest BCUT2D eigenvalue weighted by Crippen LogP contribution is 2.34. The van der Waals surface area contributed by atoms with Gasteiger partial charge in [-0.05, 0) is 31.2 Å². The first-order valence-corrected chi connectivity index (χ1v) is 7.34. The molecule has 1 saturated carbocycles. The van der Waals surface area contributed by atoms with E-state index in [9.17, 15) is 4.79 Å². The molecule has 0 unspecified atom stereocenters. The number of benzene rings is 1. The van der Waals surface area contributed by atoms with E-state index in [1.165, 1.54) is 18.1 Å². The molecule has 0 saturated heterocycles. The highest BCUT2D eigenvalue weighted by Gasteiger charge is 2.28. The lowest BCUT2D eigenvalue weighted by Gasteiger charge is -2.31. The predicted octanol–water partition coefficient (Wildman–Crippen LogP) is 3.19. The number of hydrogen-bond donors (Lipinski definition) is 1. The van der Waals surface area contributed by atoms with Crippen molar-refractivity contribution in [1.29, 1.82) is 0 Å². The van der Waals surface area contributed by atoms with Crippen molar-refractivity contribution in [2.75, 3.05) is 6.61 Å². The molecule has 108 valence electrons. The minimum absolute atomic E-state index is 0.0302. The fourth-order valence-electron chi connectivity index (χ4n) is 2.76. The second-order valence-corrected chi connectivity index (χ2v) is 5.19. The third-order valence-electron chi connectivity index (χ3n) is 3.75. The van der Waals surface area contributed by atoms with Crippen LogP contribution in [0.1, 0.15) is 43.6 Å². The fourth-order valence-corrected chi connectivity index (χ4v) is 2.76. The highest BCUT2D eigenvalue weighted by molar-refractivity contribution is 5.82. The van der Waals surface area contributed by atoms with Gasteiger partial charge in [-0.3, -0.25) is 0 Å². The minimum Gasteiger partial charge on any atom is -0.459 e. The van der Waals surface area contributed by atoms with Crippen LogP contribution in [0.2, 0.25) is 0 Å². The molecular weight excluding hydrogens is 252 g/mol. The molecule has 0 bridgehead atoms. The molecular formula is C17H22O3. The molecule has 1 fully saturated rings. The summed E-state index contributed by atoms with van der Waals surface area (Å²) < 4.78 is 5.60. The normalized spacial score (nSPS) is 22.9. The molecule has 1 aromatic carbocycles. The zero-order chi connectivity index (χ0) is 14.2. The molecule has 0 amide bonds. The lowest BCUT2D eigenvalue weighted by molar-refractivity contribution is -0.145. The average molecular weight is 274 g/mol. The molecule has 2 rings (SSSR count). The van der Waals surface area contributed by atoms with Crippen LogP contribution in [-0.4, -0.2) is 23.8 Å². The summed E-state index contributed by atoms with van der Waals surface area (Å²) in [5.41, 5.74) is 1.25. The summed E-state index contributed by atoms with van der Waals surface area (Å²) in [7, 11) is 0. The van der Waals surface area contributed by atoms with E-state index in [4.69, 9.17) is 9.84 Å². The smallest absolute Gasteiger partial charge is 0.330 e. The van der Waals surface area contributed by atoms with Crippen molar-refractivity contribution in [1.82, 2.24) is 0 Å². The Kier molecular flexibility index (Phi) is 5.81. The summed E-state index contributed by atoms with van der Waals surface area (Å²) in [5.74, 6) is 0.00595. The molecule has 0 spiro atoms. The summed E-state index contributed by atoms with van der Waals surface area (Å²) in [4.78, 5) is 11.8. The lowest BCUT2D eigenvalue weighted by Crippen LogP contribution is -2.28. The first-order valence-electron chi connectivity index (χ1n) is 7.34. The Labute approximate surface area is 120 Å². The number of hydrogen-bond acceptors (Lipinski definition) is 3. The largest absolute Gasteiger partial charge is 0.459 e. The van der Waals surface area contributed by atoms with Crippen LogP contribution in [0.3, 0.4) is 0 Å². The summed E-state index contributed by atoms with van der Waals surface area (Å²) in [5, 5.41) is 8.69. The van der Waals surface area contributed by atoms with Crippen molar-refractivity contribution >= 4 is 5.97 Å². The summed E-state index contributed by atoms with van der Waals surface area (Å²) in [6.45, 7) is 0.0554. The lowest BCUT2D eigenvalue weighted by atomic mass is 9.81. The Hall–Kier alpha value is -1.61. The van der Waals surface area contributed by atoms with Gasteiger partial charge in [0.05, 0.1) is 0 Å². The first-order chi connectivity index (χ1) is 9.81. The first kappa shape index (κ1) is 14.8. The minimum atomic E-state index is -0.300. The van der Waals surface area contributed by atoms with Gasteiger partial charge in [0.15, 0.2) is 0 Å². The molecule has 2 atom stereocenters. The number of carbonyl (C=O) groups is 1. The fraction of sp³-hybridized carbons (Fsp3) is 0.471. The summed E-state index contributed by atoms with van der Waals surface area (Å²) in [6, 6.07) is 10.3. The van der Waals surface area contributed by atoms with Gasteiger partial charge in [0.25, 0.3) is 0 Å². The standard InChI is InChI=1S/C17H22O3/c18-13-7-6-12-17(19)20-16-11-5-4-10-15(16)14-8-2-1-3-9-14/h1-3,6,8-9,12,15-16,18H,4-5,7,10-11,13H2/b12-6+/t15-,16+/m0/s1. The second kappa shape index (κ2) is 7.85. The SMILES string of the molecule is O=C(/C=C/CCO)O[C@@H]1CCCC[C@H]1c1ccccc1. The van der Waals surface area contributed by atoms with Gasteiger partial charge < -0.3 is 9.84 Å². The summed E-state index contributed by atoms with van der Waals surface area (Å²) >= 11 is 0. The maximum Gasteiger partial charge on any atom is 0.330 e. The van der Waals surface area contributed by atoms with E-state index in [0.717, 1.165) is 19.3 Å². The maximum absolute atomic E-state index is 11.8. The van der Waals surface area contributed by atoms with Gasteiger partial charge in [0.1, 0.15) is 6.10 Å². The van der Waals surface area contributed by atoms with Gasteiger partial charge in [-0.25, -0.2) is 4.79 Å². The molecule has 1 aromatic rings. The molecule has 0 aliphatic heterocycles. The van der Waals surface area contributed by atoms with Crippen molar-refractivity contribution in [3.8, 4) is 0 Å². The van der Waals surface area contributed by atoms with E-state index in [1.54, 1.807) is 6.08 Å². The van der Waals surface area contributed by atoms with Crippen LogP contribution in [0.4, 0.5) is 0 Å². The number of esters is 1.